The van der Waals surface area contributed by atoms with Crippen molar-refractivity contribution in [3.05, 3.63) is 92.1 Å². The highest BCUT2D eigenvalue weighted by Crippen LogP contribution is 2.24. The molecule has 0 N–H and O–H groups in total. The molecule has 0 unspecified atom stereocenters. The number of halogens is 2. The number of Topliss-reactive ketones (excluding diaryl/α,β-unsaturated/α-hetero) is 1. The van der Waals surface area contributed by atoms with Crippen molar-refractivity contribution < 1.29 is 13.6 Å². The summed E-state index contributed by atoms with van der Waals surface area (Å²) >= 11 is 1.10. The Bertz CT molecular complexity index is 1440. The van der Waals surface area contributed by atoms with Gasteiger partial charge in [-0.25, -0.2) is 18.6 Å². The van der Waals surface area contributed by atoms with Crippen LogP contribution in [0.2, 0.25) is 0 Å². The summed E-state index contributed by atoms with van der Waals surface area (Å²) in [5.41, 5.74) is 0.423. The summed E-state index contributed by atoms with van der Waals surface area (Å²) in [6, 6.07) is 11.0. The number of imidazole rings is 1. The topological polar surface area (TPSA) is 78.9 Å². The lowest BCUT2D eigenvalue weighted by atomic mass is 10.1. The maximum absolute atomic E-state index is 13.3. The van der Waals surface area contributed by atoms with Crippen molar-refractivity contribution in [3.63, 3.8) is 0 Å². The van der Waals surface area contributed by atoms with E-state index in [2.05, 4.69) is 4.98 Å². The number of benzene rings is 2. The molecule has 0 spiro atoms. The minimum atomic E-state index is -0.520. The minimum absolute atomic E-state index is 0.00731. The van der Waals surface area contributed by atoms with E-state index < -0.39 is 17.1 Å². The van der Waals surface area contributed by atoms with Crippen LogP contribution >= 0.6 is 11.8 Å². The number of aryl methyl sites for hydroxylation is 1. The molecular weight excluding hydrogens is 438 g/mol. The van der Waals surface area contributed by atoms with Crippen molar-refractivity contribution in [2.45, 2.75) is 11.7 Å². The van der Waals surface area contributed by atoms with Crippen LogP contribution in [0.3, 0.4) is 0 Å². The normalized spacial score (nSPS) is 11.2. The quantitative estimate of drug-likeness (QED) is 0.329. The third-order valence-electron chi connectivity index (χ3n) is 5.07. The highest BCUT2D eigenvalue weighted by atomic mass is 32.2. The number of fused-ring (bicyclic) bond motifs is 1. The van der Waals surface area contributed by atoms with E-state index in [1.165, 1.54) is 55.1 Å². The monoisotopic (exact) mass is 456 g/mol. The molecule has 0 atom stereocenters. The average Bonchev–Trinajstić information content (AvgIpc) is 3.15. The van der Waals surface area contributed by atoms with Gasteiger partial charge in [-0.15, -0.1) is 0 Å². The molecule has 2 aromatic heterocycles. The molecule has 7 nitrogen and oxygen atoms in total. The summed E-state index contributed by atoms with van der Waals surface area (Å²) in [6.45, 7) is 0.192. The van der Waals surface area contributed by atoms with Gasteiger partial charge in [-0.2, -0.15) is 0 Å². The number of nitrogens with zero attached hydrogens (tertiary/aromatic N) is 4. The van der Waals surface area contributed by atoms with Crippen molar-refractivity contribution in [2.75, 3.05) is 5.75 Å². The Morgan fingerprint density at radius 1 is 0.938 bits per heavy atom. The third-order valence-corrected chi connectivity index (χ3v) is 6.04. The first-order chi connectivity index (χ1) is 15.3. The van der Waals surface area contributed by atoms with Crippen LogP contribution in [-0.2, 0) is 20.6 Å². The molecule has 164 valence electrons. The second kappa shape index (κ2) is 8.54. The van der Waals surface area contributed by atoms with Crippen LogP contribution in [0, 0.1) is 11.6 Å². The number of aromatic nitrogens is 4. The van der Waals surface area contributed by atoms with E-state index in [1.54, 1.807) is 16.7 Å². The molecule has 10 heteroatoms. The van der Waals surface area contributed by atoms with Gasteiger partial charge in [0.25, 0.3) is 5.56 Å². The SMILES string of the molecule is Cn1c(=O)c2c(nc(SCC(=O)c3ccc(F)cc3)n2Cc2ccc(F)cc2)n(C)c1=O. The Balaban J connectivity index is 1.77. The van der Waals surface area contributed by atoms with Gasteiger partial charge in [0.1, 0.15) is 11.6 Å². The van der Waals surface area contributed by atoms with Crippen LogP contribution in [0.15, 0.2) is 63.3 Å². The predicted octanol–water partition coefficient (Wildman–Crippen LogP) is 2.74. The van der Waals surface area contributed by atoms with Crippen LogP contribution < -0.4 is 11.2 Å². The van der Waals surface area contributed by atoms with Gasteiger partial charge in [-0.05, 0) is 42.0 Å². The number of hydrogen-bond acceptors (Lipinski definition) is 5. The summed E-state index contributed by atoms with van der Waals surface area (Å²) in [4.78, 5) is 42.2. The summed E-state index contributed by atoms with van der Waals surface area (Å²) in [7, 11) is 2.89. The predicted molar refractivity (Wildman–Crippen MR) is 117 cm³/mol. The smallest absolute Gasteiger partial charge is 0.309 e. The Kier molecular flexibility index (Phi) is 5.79. The third kappa shape index (κ3) is 4.01. The first kappa shape index (κ1) is 21.7. The molecule has 32 heavy (non-hydrogen) atoms. The van der Waals surface area contributed by atoms with E-state index in [1.807, 2.05) is 0 Å². The van der Waals surface area contributed by atoms with E-state index >= 15 is 0 Å². The molecule has 0 aliphatic rings. The maximum Gasteiger partial charge on any atom is 0.332 e. The Labute approximate surface area is 184 Å². The molecule has 0 amide bonds. The van der Waals surface area contributed by atoms with E-state index in [-0.39, 0.29) is 35.1 Å². The number of rotatable bonds is 6. The molecule has 0 saturated carbocycles. The van der Waals surface area contributed by atoms with Crippen molar-refractivity contribution >= 4 is 28.7 Å². The van der Waals surface area contributed by atoms with Crippen LogP contribution in [0.4, 0.5) is 8.78 Å². The van der Waals surface area contributed by atoms with E-state index in [0.29, 0.717) is 16.3 Å². The maximum atomic E-state index is 13.3. The fraction of sp³-hybridized carbons (Fsp3) is 0.182. The van der Waals surface area contributed by atoms with Crippen molar-refractivity contribution in [1.82, 2.24) is 18.7 Å². The number of carbonyl (C=O) groups excluding carboxylic acids is 1. The van der Waals surface area contributed by atoms with Gasteiger partial charge in [-0.3, -0.25) is 18.7 Å². The van der Waals surface area contributed by atoms with E-state index in [4.69, 9.17) is 0 Å². The molecule has 4 rings (SSSR count). The summed E-state index contributed by atoms with van der Waals surface area (Å²) in [6.07, 6.45) is 0. The largest absolute Gasteiger partial charge is 0.332 e. The second-order valence-electron chi connectivity index (χ2n) is 7.20. The van der Waals surface area contributed by atoms with Gasteiger partial charge in [0, 0.05) is 19.7 Å². The average molecular weight is 456 g/mol. The fourth-order valence-electron chi connectivity index (χ4n) is 3.31. The molecule has 0 aliphatic heterocycles. The molecule has 4 aromatic rings. The van der Waals surface area contributed by atoms with Gasteiger partial charge in [0.05, 0.1) is 12.3 Å². The molecule has 2 aromatic carbocycles. The van der Waals surface area contributed by atoms with Crippen molar-refractivity contribution in [1.29, 1.82) is 0 Å². The molecule has 0 fully saturated rings. The number of carbonyl (C=O) groups is 1. The molecule has 0 radical (unpaired) electrons. The van der Waals surface area contributed by atoms with Crippen LogP contribution in [0.1, 0.15) is 15.9 Å². The van der Waals surface area contributed by atoms with Crippen molar-refractivity contribution in [3.8, 4) is 0 Å². The first-order valence-electron chi connectivity index (χ1n) is 9.58. The molecule has 0 aliphatic carbocycles. The zero-order chi connectivity index (χ0) is 23.0. The first-order valence-corrected chi connectivity index (χ1v) is 10.6. The van der Waals surface area contributed by atoms with E-state index in [9.17, 15) is 23.2 Å². The summed E-state index contributed by atoms with van der Waals surface area (Å²) < 4.78 is 30.3. The fourth-order valence-corrected chi connectivity index (χ4v) is 4.19. The second-order valence-corrected chi connectivity index (χ2v) is 8.15. The Hall–Kier alpha value is -3.53. The lowest BCUT2D eigenvalue weighted by Crippen LogP contribution is -2.37. The Morgan fingerprint density at radius 3 is 2.16 bits per heavy atom. The molecule has 0 bridgehead atoms. The Morgan fingerprint density at radius 2 is 1.53 bits per heavy atom. The minimum Gasteiger partial charge on any atom is -0.309 e. The zero-order valence-electron chi connectivity index (χ0n) is 17.2. The molecule has 0 saturated heterocycles. The van der Waals surface area contributed by atoms with Gasteiger partial charge < -0.3 is 4.57 Å². The number of thioether (sulfide) groups is 1. The highest BCUT2D eigenvalue weighted by Gasteiger charge is 2.20. The summed E-state index contributed by atoms with van der Waals surface area (Å²) in [5.74, 6) is -1.07. The van der Waals surface area contributed by atoms with E-state index in [0.717, 1.165) is 16.3 Å². The standard InChI is InChI=1S/C22H18F2N4O3S/c1-26-19-18(20(30)27(2)22(26)31)28(11-13-3-7-15(23)8-4-13)21(25-19)32-12-17(29)14-5-9-16(24)10-6-14/h3-10H,11-12H2,1-2H3. The lowest BCUT2D eigenvalue weighted by molar-refractivity contribution is 0.102. The lowest BCUT2D eigenvalue weighted by Gasteiger charge is -2.09. The summed E-state index contributed by atoms with van der Waals surface area (Å²) in [5, 5.41) is 0.359. The van der Waals surface area contributed by atoms with Crippen LogP contribution in [0.5, 0.6) is 0 Å². The van der Waals surface area contributed by atoms with Gasteiger partial charge in [0.15, 0.2) is 22.1 Å². The van der Waals surface area contributed by atoms with Gasteiger partial charge in [-0.1, -0.05) is 23.9 Å². The van der Waals surface area contributed by atoms with Crippen molar-refractivity contribution in [2.24, 2.45) is 14.1 Å². The molecular formula is C22H18F2N4O3S. The van der Waals surface area contributed by atoms with Gasteiger partial charge >= 0.3 is 5.69 Å². The zero-order valence-corrected chi connectivity index (χ0v) is 18.0. The number of ketones is 1. The van der Waals surface area contributed by atoms with Crippen LogP contribution in [-0.4, -0.2) is 30.2 Å². The van der Waals surface area contributed by atoms with Gasteiger partial charge in [0.2, 0.25) is 0 Å². The number of hydrogen-bond donors (Lipinski definition) is 0. The highest BCUT2D eigenvalue weighted by molar-refractivity contribution is 7.99. The van der Waals surface area contributed by atoms with Crippen LogP contribution in [0.25, 0.3) is 11.2 Å². The molecule has 2 heterocycles.